The molecule has 0 radical (unpaired) electrons. The first-order valence-corrected chi connectivity index (χ1v) is 6.75. The maximum absolute atomic E-state index is 4.54. The van der Waals surface area contributed by atoms with Crippen molar-refractivity contribution in [2.75, 3.05) is 11.9 Å². The molecule has 2 heterocycles. The monoisotopic (exact) mass is 259 g/mol. The third kappa shape index (κ3) is 3.30. The summed E-state index contributed by atoms with van der Waals surface area (Å²) in [6.45, 7) is 9.22. The summed E-state index contributed by atoms with van der Waals surface area (Å²) in [5.74, 6) is 1.89. The van der Waals surface area contributed by atoms with E-state index in [0.29, 0.717) is 11.9 Å². The predicted molar refractivity (Wildman–Crippen MR) is 76.8 cm³/mol. The van der Waals surface area contributed by atoms with E-state index in [9.17, 15) is 0 Å². The highest BCUT2D eigenvalue weighted by molar-refractivity contribution is 5.34. The summed E-state index contributed by atoms with van der Waals surface area (Å²) in [6.07, 6.45) is 2.99. The fraction of sp³-hybridized carbons (Fsp3) is 0.500. The molecule has 0 aliphatic heterocycles. The molecule has 2 aromatic rings. The topological polar surface area (TPSA) is 55.6 Å². The molecule has 0 saturated carbocycles. The molecule has 1 N–H and O–H groups in total. The van der Waals surface area contributed by atoms with Gasteiger partial charge in [-0.05, 0) is 25.3 Å². The molecule has 0 aliphatic carbocycles. The maximum Gasteiger partial charge on any atom is 0.224 e. The van der Waals surface area contributed by atoms with E-state index in [-0.39, 0.29) is 0 Å². The molecule has 0 atom stereocenters. The van der Waals surface area contributed by atoms with Gasteiger partial charge in [-0.2, -0.15) is 10.1 Å². The molecule has 5 nitrogen and oxygen atoms in total. The van der Waals surface area contributed by atoms with Crippen LogP contribution in [0.1, 0.15) is 44.5 Å². The van der Waals surface area contributed by atoms with Gasteiger partial charge in [-0.25, -0.2) is 9.67 Å². The SMILES string of the molecule is CCCNc1nc(C)cc(-n2ccc(C(C)C)n2)n1. The summed E-state index contributed by atoms with van der Waals surface area (Å²) in [6, 6.07) is 3.97. The first-order chi connectivity index (χ1) is 9.10. The van der Waals surface area contributed by atoms with Gasteiger partial charge in [0.2, 0.25) is 5.95 Å². The molecule has 102 valence electrons. The molecule has 5 heteroatoms. The van der Waals surface area contributed by atoms with Gasteiger partial charge < -0.3 is 5.32 Å². The molecule has 0 unspecified atom stereocenters. The number of rotatable bonds is 5. The average molecular weight is 259 g/mol. The molecular formula is C14H21N5. The van der Waals surface area contributed by atoms with Crippen LogP contribution in [0.25, 0.3) is 5.82 Å². The van der Waals surface area contributed by atoms with Crippen molar-refractivity contribution in [1.29, 1.82) is 0 Å². The Morgan fingerprint density at radius 1 is 1.32 bits per heavy atom. The van der Waals surface area contributed by atoms with E-state index in [4.69, 9.17) is 0 Å². The van der Waals surface area contributed by atoms with Crippen LogP contribution in [0.3, 0.4) is 0 Å². The van der Waals surface area contributed by atoms with Crippen molar-refractivity contribution in [3.05, 3.63) is 29.7 Å². The minimum atomic E-state index is 0.418. The van der Waals surface area contributed by atoms with E-state index in [1.165, 1.54) is 0 Å². The van der Waals surface area contributed by atoms with Gasteiger partial charge in [-0.1, -0.05) is 20.8 Å². The zero-order valence-electron chi connectivity index (χ0n) is 12.0. The van der Waals surface area contributed by atoms with E-state index in [2.05, 4.69) is 41.2 Å². The summed E-state index contributed by atoms with van der Waals surface area (Å²) >= 11 is 0. The lowest BCUT2D eigenvalue weighted by Gasteiger charge is -2.07. The lowest BCUT2D eigenvalue weighted by atomic mass is 10.1. The fourth-order valence-corrected chi connectivity index (χ4v) is 1.76. The molecule has 0 aromatic carbocycles. The van der Waals surface area contributed by atoms with Gasteiger partial charge in [0.05, 0.1) is 5.69 Å². The largest absolute Gasteiger partial charge is 0.354 e. The summed E-state index contributed by atoms with van der Waals surface area (Å²) < 4.78 is 1.81. The van der Waals surface area contributed by atoms with Crippen LogP contribution in [0.4, 0.5) is 5.95 Å². The van der Waals surface area contributed by atoms with E-state index in [0.717, 1.165) is 30.2 Å². The molecule has 2 rings (SSSR count). The van der Waals surface area contributed by atoms with Crippen LogP contribution >= 0.6 is 0 Å². The van der Waals surface area contributed by atoms with E-state index < -0.39 is 0 Å². The van der Waals surface area contributed by atoms with Crippen LogP contribution in [-0.2, 0) is 0 Å². The zero-order valence-corrected chi connectivity index (χ0v) is 12.0. The Labute approximate surface area is 114 Å². The Kier molecular flexibility index (Phi) is 4.14. The second kappa shape index (κ2) is 5.82. The van der Waals surface area contributed by atoms with E-state index >= 15 is 0 Å². The number of nitrogens with one attached hydrogen (secondary N) is 1. The Morgan fingerprint density at radius 2 is 2.11 bits per heavy atom. The standard InChI is InChI=1S/C14H21N5/c1-5-7-15-14-16-11(4)9-13(17-14)19-8-6-12(18-19)10(2)3/h6,8-10H,5,7H2,1-4H3,(H,15,16,17). The summed E-state index contributed by atoms with van der Waals surface area (Å²) in [5.41, 5.74) is 2.00. The van der Waals surface area contributed by atoms with Crippen LogP contribution < -0.4 is 5.32 Å². The van der Waals surface area contributed by atoms with Crippen LogP contribution in [0.5, 0.6) is 0 Å². The van der Waals surface area contributed by atoms with Crippen molar-refractivity contribution in [2.45, 2.75) is 40.0 Å². The van der Waals surface area contributed by atoms with Crippen molar-refractivity contribution < 1.29 is 0 Å². The van der Waals surface area contributed by atoms with Gasteiger partial charge in [-0.3, -0.25) is 0 Å². The highest BCUT2D eigenvalue weighted by atomic mass is 15.3. The number of aromatic nitrogens is 4. The first kappa shape index (κ1) is 13.5. The summed E-state index contributed by atoms with van der Waals surface area (Å²) in [4.78, 5) is 8.87. The van der Waals surface area contributed by atoms with Crippen LogP contribution in [0, 0.1) is 6.92 Å². The van der Waals surface area contributed by atoms with Crippen LogP contribution in [0.15, 0.2) is 18.3 Å². The highest BCUT2D eigenvalue weighted by Crippen LogP contribution is 2.14. The second-order valence-electron chi connectivity index (χ2n) is 4.96. The van der Waals surface area contributed by atoms with Crippen LogP contribution in [0.2, 0.25) is 0 Å². The van der Waals surface area contributed by atoms with Crippen molar-refractivity contribution in [3.8, 4) is 5.82 Å². The van der Waals surface area contributed by atoms with Crippen molar-refractivity contribution >= 4 is 5.95 Å². The van der Waals surface area contributed by atoms with Crippen molar-refractivity contribution in [3.63, 3.8) is 0 Å². The second-order valence-corrected chi connectivity index (χ2v) is 4.96. The predicted octanol–water partition coefficient (Wildman–Crippen LogP) is 2.92. The number of hydrogen-bond donors (Lipinski definition) is 1. The van der Waals surface area contributed by atoms with Crippen molar-refractivity contribution in [1.82, 2.24) is 19.7 Å². The average Bonchev–Trinajstić information content (AvgIpc) is 2.85. The minimum Gasteiger partial charge on any atom is -0.354 e. The third-order valence-electron chi connectivity index (χ3n) is 2.81. The normalized spacial score (nSPS) is 11.0. The summed E-state index contributed by atoms with van der Waals surface area (Å²) in [5, 5.41) is 7.75. The lowest BCUT2D eigenvalue weighted by Crippen LogP contribution is -2.08. The molecule has 0 saturated heterocycles. The molecule has 0 spiro atoms. The lowest BCUT2D eigenvalue weighted by molar-refractivity contribution is 0.754. The Bertz CT molecular complexity index is 545. The Morgan fingerprint density at radius 3 is 2.74 bits per heavy atom. The number of nitrogens with zero attached hydrogens (tertiary/aromatic N) is 4. The van der Waals surface area contributed by atoms with Crippen molar-refractivity contribution in [2.24, 2.45) is 0 Å². The number of aryl methyl sites for hydroxylation is 1. The molecule has 2 aromatic heterocycles. The van der Waals surface area contributed by atoms with Gasteiger partial charge in [0.15, 0.2) is 5.82 Å². The molecular weight excluding hydrogens is 238 g/mol. The van der Waals surface area contributed by atoms with E-state index in [1.54, 1.807) is 4.68 Å². The quantitative estimate of drug-likeness (QED) is 0.897. The molecule has 0 fully saturated rings. The van der Waals surface area contributed by atoms with Gasteiger partial charge in [0.1, 0.15) is 0 Å². The van der Waals surface area contributed by atoms with Gasteiger partial charge in [-0.15, -0.1) is 0 Å². The highest BCUT2D eigenvalue weighted by Gasteiger charge is 2.07. The van der Waals surface area contributed by atoms with Crippen LogP contribution in [-0.4, -0.2) is 26.3 Å². The van der Waals surface area contributed by atoms with Gasteiger partial charge in [0.25, 0.3) is 0 Å². The smallest absolute Gasteiger partial charge is 0.224 e. The molecule has 0 bridgehead atoms. The molecule has 0 aliphatic rings. The zero-order chi connectivity index (χ0) is 13.8. The number of hydrogen-bond acceptors (Lipinski definition) is 4. The maximum atomic E-state index is 4.54. The fourth-order valence-electron chi connectivity index (χ4n) is 1.76. The Balaban J connectivity index is 2.29. The molecule has 19 heavy (non-hydrogen) atoms. The Hall–Kier alpha value is -1.91. The number of anilines is 1. The van der Waals surface area contributed by atoms with E-state index in [1.807, 2.05) is 25.3 Å². The van der Waals surface area contributed by atoms with Gasteiger partial charge in [0, 0.05) is 24.5 Å². The third-order valence-corrected chi connectivity index (χ3v) is 2.81. The first-order valence-electron chi connectivity index (χ1n) is 6.75. The summed E-state index contributed by atoms with van der Waals surface area (Å²) in [7, 11) is 0. The molecule has 0 amide bonds. The minimum absolute atomic E-state index is 0.418. The van der Waals surface area contributed by atoms with Gasteiger partial charge >= 0.3 is 0 Å².